The molecule has 1 N–H and O–H groups in total. The number of nitriles is 1. The van der Waals surface area contributed by atoms with Crippen LogP contribution in [0.25, 0.3) is 0 Å². The molecule has 1 aliphatic carbocycles. The fraction of sp³-hybridized carbons (Fsp3) is 0.250. The lowest BCUT2D eigenvalue weighted by atomic mass is 10.3. The molecule has 0 aliphatic heterocycles. The highest BCUT2D eigenvalue weighted by atomic mass is 127. The van der Waals surface area contributed by atoms with E-state index in [1.165, 1.54) is 10.8 Å². The van der Waals surface area contributed by atoms with Crippen LogP contribution in [0.1, 0.15) is 24.4 Å². The second-order valence-electron chi connectivity index (χ2n) is 5.49. The molecular weight excluding hydrogens is 423 g/mol. The molecule has 0 unspecified atom stereocenters. The third-order valence-electron chi connectivity index (χ3n) is 3.71. The Morgan fingerprint density at radius 1 is 1.33 bits per heavy atom. The van der Waals surface area contributed by atoms with Gasteiger partial charge in [0.25, 0.3) is 5.56 Å². The van der Waals surface area contributed by atoms with Crippen LogP contribution in [-0.4, -0.2) is 15.0 Å². The van der Waals surface area contributed by atoms with E-state index in [0.29, 0.717) is 5.69 Å². The standard InChI is InChI=1S/C16H13IN4O3/c17-12-3-1-2-4-13(12)19-14(22)9-21-15(23)10(7-18)8-20(16(21)24)11-5-6-11/h1-4,8,11H,5-6,9H2,(H,19,22). The number of hydrogen-bond donors (Lipinski definition) is 1. The van der Waals surface area contributed by atoms with Gasteiger partial charge < -0.3 is 5.32 Å². The fourth-order valence-corrected chi connectivity index (χ4v) is 2.87. The third-order valence-corrected chi connectivity index (χ3v) is 4.65. The van der Waals surface area contributed by atoms with Crippen LogP contribution in [0.5, 0.6) is 0 Å². The lowest BCUT2D eigenvalue weighted by Crippen LogP contribution is -2.43. The van der Waals surface area contributed by atoms with E-state index in [1.807, 2.05) is 12.1 Å². The van der Waals surface area contributed by atoms with Crippen molar-refractivity contribution in [2.75, 3.05) is 5.32 Å². The molecule has 0 radical (unpaired) electrons. The Balaban J connectivity index is 1.92. The highest BCUT2D eigenvalue weighted by molar-refractivity contribution is 14.1. The van der Waals surface area contributed by atoms with Crippen LogP contribution in [0.2, 0.25) is 0 Å². The number of amides is 1. The number of nitrogens with one attached hydrogen (secondary N) is 1. The van der Waals surface area contributed by atoms with Crippen LogP contribution in [0.4, 0.5) is 5.69 Å². The van der Waals surface area contributed by atoms with E-state index in [0.717, 1.165) is 21.0 Å². The van der Waals surface area contributed by atoms with Gasteiger partial charge in [-0.25, -0.2) is 9.36 Å². The molecule has 24 heavy (non-hydrogen) atoms. The summed E-state index contributed by atoms with van der Waals surface area (Å²) in [5, 5.41) is 11.8. The first-order valence-corrected chi connectivity index (χ1v) is 8.39. The molecule has 0 spiro atoms. The van der Waals surface area contributed by atoms with Crippen LogP contribution in [0.15, 0.2) is 40.1 Å². The van der Waals surface area contributed by atoms with E-state index in [1.54, 1.807) is 18.2 Å². The first-order valence-electron chi connectivity index (χ1n) is 7.31. The second kappa shape index (κ2) is 6.60. The molecule has 2 aromatic rings. The highest BCUT2D eigenvalue weighted by Gasteiger charge is 2.27. The van der Waals surface area contributed by atoms with Gasteiger partial charge in [0.1, 0.15) is 18.2 Å². The quantitative estimate of drug-likeness (QED) is 0.735. The number of benzene rings is 1. The SMILES string of the molecule is N#Cc1cn(C2CC2)c(=O)n(CC(=O)Nc2ccccc2I)c1=O. The van der Waals surface area contributed by atoms with Gasteiger partial charge in [-0.15, -0.1) is 0 Å². The fourth-order valence-electron chi connectivity index (χ4n) is 2.35. The van der Waals surface area contributed by atoms with Gasteiger partial charge >= 0.3 is 5.69 Å². The number of hydrogen-bond acceptors (Lipinski definition) is 4. The van der Waals surface area contributed by atoms with Crippen molar-refractivity contribution < 1.29 is 4.79 Å². The maximum atomic E-state index is 12.4. The molecule has 1 heterocycles. The summed E-state index contributed by atoms with van der Waals surface area (Å²) in [6, 6.07) is 8.98. The largest absolute Gasteiger partial charge is 0.331 e. The topological polar surface area (TPSA) is 96.9 Å². The van der Waals surface area contributed by atoms with Crippen LogP contribution in [0.3, 0.4) is 0 Å². The van der Waals surface area contributed by atoms with Crippen molar-refractivity contribution in [2.24, 2.45) is 0 Å². The molecule has 1 saturated carbocycles. The Morgan fingerprint density at radius 2 is 2.04 bits per heavy atom. The van der Waals surface area contributed by atoms with Crippen molar-refractivity contribution in [3.8, 4) is 6.07 Å². The van der Waals surface area contributed by atoms with Gasteiger partial charge in [-0.2, -0.15) is 5.26 Å². The summed E-state index contributed by atoms with van der Waals surface area (Å²) in [5.41, 5.74) is -0.824. The normalized spacial score (nSPS) is 13.3. The van der Waals surface area contributed by atoms with Gasteiger partial charge in [-0.3, -0.25) is 14.2 Å². The van der Waals surface area contributed by atoms with Crippen molar-refractivity contribution in [1.29, 1.82) is 5.26 Å². The van der Waals surface area contributed by atoms with Gasteiger partial charge in [-0.1, -0.05) is 12.1 Å². The van der Waals surface area contributed by atoms with E-state index in [2.05, 4.69) is 27.9 Å². The molecule has 8 heteroatoms. The molecule has 122 valence electrons. The molecule has 1 amide bonds. The minimum absolute atomic E-state index is 0.00887. The number of anilines is 1. The van der Waals surface area contributed by atoms with E-state index in [9.17, 15) is 14.4 Å². The first kappa shape index (κ1) is 16.4. The second-order valence-corrected chi connectivity index (χ2v) is 6.66. The van der Waals surface area contributed by atoms with E-state index >= 15 is 0 Å². The van der Waals surface area contributed by atoms with E-state index < -0.39 is 23.7 Å². The van der Waals surface area contributed by atoms with Crippen molar-refractivity contribution >= 4 is 34.2 Å². The molecule has 0 bridgehead atoms. The number of carbonyl (C=O) groups excluding carboxylic acids is 1. The lowest BCUT2D eigenvalue weighted by molar-refractivity contribution is -0.116. The molecule has 1 aliphatic rings. The maximum absolute atomic E-state index is 12.4. The zero-order chi connectivity index (χ0) is 17.3. The molecule has 0 saturated heterocycles. The maximum Gasteiger partial charge on any atom is 0.331 e. The smallest absolute Gasteiger partial charge is 0.324 e. The van der Waals surface area contributed by atoms with Crippen molar-refractivity contribution in [3.05, 3.63) is 60.4 Å². The molecule has 1 aromatic heterocycles. The first-order chi connectivity index (χ1) is 11.5. The Morgan fingerprint density at radius 3 is 2.67 bits per heavy atom. The minimum atomic E-state index is -0.739. The zero-order valence-electron chi connectivity index (χ0n) is 12.5. The molecule has 1 aromatic carbocycles. The van der Waals surface area contributed by atoms with Gasteiger partial charge in [0.15, 0.2) is 0 Å². The number of aromatic nitrogens is 2. The summed E-state index contributed by atoms with van der Waals surface area (Å²) in [7, 11) is 0. The number of nitrogens with zero attached hydrogens (tertiary/aromatic N) is 3. The molecule has 0 atom stereocenters. The summed E-state index contributed by atoms with van der Waals surface area (Å²) in [5.74, 6) is -0.490. The van der Waals surface area contributed by atoms with Gasteiger partial charge in [0, 0.05) is 15.8 Å². The van der Waals surface area contributed by atoms with Gasteiger partial charge in [0.05, 0.1) is 5.69 Å². The minimum Gasteiger partial charge on any atom is -0.324 e. The summed E-state index contributed by atoms with van der Waals surface area (Å²) in [6.07, 6.45) is 2.95. The zero-order valence-corrected chi connectivity index (χ0v) is 14.7. The molecule has 3 rings (SSSR count). The van der Waals surface area contributed by atoms with E-state index in [-0.39, 0.29) is 11.6 Å². The average Bonchev–Trinajstić information content (AvgIpc) is 3.39. The van der Waals surface area contributed by atoms with Gasteiger partial charge in [0.2, 0.25) is 5.91 Å². The summed E-state index contributed by atoms with van der Waals surface area (Å²) >= 11 is 2.08. The summed E-state index contributed by atoms with van der Waals surface area (Å²) < 4.78 is 3.04. The van der Waals surface area contributed by atoms with Crippen LogP contribution >= 0.6 is 22.6 Å². The van der Waals surface area contributed by atoms with Crippen molar-refractivity contribution in [3.63, 3.8) is 0 Å². The Kier molecular flexibility index (Phi) is 4.53. The lowest BCUT2D eigenvalue weighted by Gasteiger charge is -2.11. The summed E-state index contributed by atoms with van der Waals surface area (Å²) in [6.45, 7) is -0.426. The highest BCUT2D eigenvalue weighted by Crippen LogP contribution is 2.33. The summed E-state index contributed by atoms with van der Waals surface area (Å²) in [4.78, 5) is 36.9. The van der Waals surface area contributed by atoms with Crippen LogP contribution in [0, 0.1) is 14.9 Å². The Bertz CT molecular complexity index is 967. The predicted octanol–water partition coefficient (Wildman–Crippen LogP) is 1.46. The van der Waals surface area contributed by atoms with Crippen molar-refractivity contribution in [2.45, 2.75) is 25.4 Å². The van der Waals surface area contributed by atoms with E-state index in [4.69, 9.17) is 5.26 Å². The van der Waals surface area contributed by atoms with Crippen LogP contribution in [-0.2, 0) is 11.3 Å². The number of carbonyl (C=O) groups is 1. The number of para-hydroxylation sites is 1. The number of halogens is 1. The molecule has 7 nitrogen and oxygen atoms in total. The van der Waals surface area contributed by atoms with Gasteiger partial charge in [-0.05, 0) is 47.6 Å². The Labute approximate surface area is 150 Å². The predicted molar refractivity (Wildman–Crippen MR) is 95.7 cm³/mol. The van der Waals surface area contributed by atoms with Crippen LogP contribution < -0.4 is 16.6 Å². The Hall–Kier alpha value is -2.41. The molecular formula is C16H13IN4O3. The number of rotatable bonds is 4. The third kappa shape index (κ3) is 3.26. The average molecular weight is 436 g/mol. The monoisotopic (exact) mass is 436 g/mol. The molecule has 1 fully saturated rings. The van der Waals surface area contributed by atoms with Crippen molar-refractivity contribution in [1.82, 2.24) is 9.13 Å².